The number of hydrogen-bond acceptors (Lipinski definition) is 3. The summed E-state index contributed by atoms with van der Waals surface area (Å²) in [6.45, 7) is 8.40. The van der Waals surface area contributed by atoms with Gasteiger partial charge in [0.15, 0.2) is 0 Å². The Morgan fingerprint density at radius 3 is 2.19 bits per heavy atom. The number of nitrogens with zero attached hydrogens (tertiary/aromatic N) is 2. The third kappa shape index (κ3) is 3.65. The molecule has 0 unspecified atom stereocenters. The second-order valence-electron chi connectivity index (χ2n) is 9.45. The third-order valence-corrected chi connectivity index (χ3v) is 7.97. The van der Waals surface area contributed by atoms with Gasteiger partial charge in [0.25, 0.3) is 0 Å². The van der Waals surface area contributed by atoms with Gasteiger partial charge in [-0.3, -0.25) is 0 Å². The van der Waals surface area contributed by atoms with E-state index in [-0.39, 0.29) is 5.54 Å². The number of benzene rings is 1. The Balaban J connectivity index is 1.43. The minimum absolute atomic E-state index is 0.196. The molecule has 27 heavy (non-hydrogen) atoms. The minimum atomic E-state index is 0.196. The zero-order valence-corrected chi connectivity index (χ0v) is 17.6. The Bertz CT molecular complexity index is 586. The summed E-state index contributed by atoms with van der Waals surface area (Å²) >= 11 is 0. The fourth-order valence-electron chi connectivity index (χ4n) is 6.24. The van der Waals surface area contributed by atoms with Crippen LogP contribution in [0.2, 0.25) is 0 Å². The van der Waals surface area contributed by atoms with Crippen LogP contribution in [0.25, 0.3) is 0 Å². The van der Waals surface area contributed by atoms with E-state index in [0.717, 1.165) is 30.8 Å². The van der Waals surface area contributed by atoms with Crippen molar-refractivity contribution in [2.24, 2.45) is 11.8 Å². The predicted molar refractivity (Wildman–Crippen MR) is 113 cm³/mol. The molecule has 1 aliphatic carbocycles. The van der Waals surface area contributed by atoms with Crippen molar-refractivity contribution < 1.29 is 4.74 Å². The lowest BCUT2D eigenvalue weighted by molar-refractivity contribution is 0.00535. The number of anilines is 1. The molecule has 3 heteroatoms. The van der Waals surface area contributed by atoms with Crippen molar-refractivity contribution in [1.82, 2.24) is 4.90 Å². The van der Waals surface area contributed by atoms with E-state index in [4.69, 9.17) is 4.74 Å². The minimum Gasteiger partial charge on any atom is -0.379 e. The van der Waals surface area contributed by atoms with Gasteiger partial charge in [-0.25, -0.2) is 0 Å². The van der Waals surface area contributed by atoms with Crippen molar-refractivity contribution in [2.75, 3.05) is 31.6 Å². The molecular weight excluding hydrogens is 332 g/mol. The lowest BCUT2D eigenvalue weighted by Gasteiger charge is -2.50. The highest BCUT2D eigenvalue weighted by molar-refractivity contribution is 5.51. The highest BCUT2D eigenvalue weighted by atomic mass is 16.5. The van der Waals surface area contributed by atoms with E-state index in [1.165, 1.54) is 57.3 Å². The number of methoxy groups -OCH3 is 1. The molecule has 1 spiro atoms. The lowest BCUT2D eigenvalue weighted by atomic mass is 9.77. The molecule has 0 N–H and O–H groups in total. The molecule has 0 aromatic heterocycles. The van der Waals surface area contributed by atoms with E-state index < -0.39 is 0 Å². The Labute approximate surface area is 166 Å². The first-order valence-corrected chi connectivity index (χ1v) is 11.2. The molecule has 3 nitrogen and oxygen atoms in total. The van der Waals surface area contributed by atoms with Crippen molar-refractivity contribution >= 4 is 5.69 Å². The highest BCUT2D eigenvalue weighted by Crippen LogP contribution is 2.44. The zero-order chi connectivity index (χ0) is 18.9. The summed E-state index contributed by atoms with van der Waals surface area (Å²) in [4.78, 5) is 5.49. The Morgan fingerprint density at radius 2 is 1.59 bits per heavy atom. The van der Waals surface area contributed by atoms with Crippen LogP contribution in [0.4, 0.5) is 5.69 Å². The van der Waals surface area contributed by atoms with Crippen LogP contribution in [0, 0.1) is 11.8 Å². The van der Waals surface area contributed by atoms with Gasteiger partial charge in [-0.15, -0.1) is 0 Å². The summed E-state index contributed by atoms with van der Waals surface area (Å²) in [5.74, 6) is 1.81. The van der Waals surface area contributed by atoms with E-state index >= 15 is 0 Å². The van der Waals surface area contributed by atoms with Gasteiger partial charge >= 0.3 is 0 Å². The second-order valence-corrected chi connectivity index (χ2v) is 9.45. The van der Waals surface area contributed by atoms with E-state index in [2.05, 4.69) is 54.0 Å². The van der Waals surface area contributed by atoms with Crippen LogP contribution in [0.5, 0.6) is 0 Å². The molecule has 1 aromatic carbocycles. The molecule has 4 rings (SSSR count). The maximum Gasteiger partial charge on any atom is 0.0820 e. The zero-order valence-electron chi connectivity index (χ0n) is 17.6. The summed E-state index contributed by atoms with van der Waals surface area (Å²) in [6, 6.07) is 11.8. The Hall–Kier alpha value is -1.06. The molecule has 3 fully saturated rings. The van der Waals surface area contributed by atoms with Crippen LogP contribution < -0.4 is 4.90 Å². The first kappa shape index (κ1) is 19.3. The summed E-state index contributed by atoms with van der Waals surface area (Å²) in [6.07, 6.45) is 9.69. The lowest BCUT2D eigenvalue weighted by Crippen LogP contribution is -2.59. The standard InChI is InChI=1S/C24H38N2O/c1-19(2)20-9-11-21(12-10-20)25-17-14-24(15-18-25)23(27-3)13-16-26(24)22-7-5-4-6-8-22/h4-8,19-21,23H,9-18H2,1-3H3/t20?,21?,23-/m0/s1. The van der Waals surface area contributed by atoms with Crippen LogP contribution in [0.1, 0.15) is 58.8 Å². The third-order valence-electron chi connectivity index (χ3n) is 7.97. The molecule has 2 saturated heterocycles. The SMILES string of the molecule is CO[C@H]1CCN(c2ccccc2)C12CCN(C1CCC(C(C)C)CC1)CC2. The number of rotatable bonds is 4. The number of piperidine rings is 1. The molecule has 0 amide bonds. The van der Waals surface area contributed by atoms with Crippen molar-refractivity contribution in [3.8, 4) is 0 Å². The molecule has 2 heterocycles. The first-order valence-electron chi connectivity index (χ1n) is 11.2. The quantitative estimate of drug-likeness (QED) is 0.745. The van der Waals surface area contributed by atoms with E-state index in [0.29, 0.717) is 6.10 Å². The summed E-state index contributed by atoms with van der Waals surface area (Å²) in [5, 5.41) is 0. The van der Waals surface area contributed by atoms with Crippen LogP contribution in [0.3, 0.4) is 0 Å². The first-order chi connectivity index (χ1) is 13.1. The van der Waals surface area contributed by atoms with E-state index in [1.54, 1.807) is 0 Å². The van der Waals surface area contributed by atoms with Crippen LogP contribution in [-0.4, -0.2) is 49.3 Å². The Morgan fingerprint density at radius 1 is 0.926 bits per heavy atom. The van der Waals surface area contributed by atoms with E-state index in [1.807, 2.05) is 7.11 Å². The monoisotopic (exact) mass is 370 g/mol. The molecule has 1 aromatic rings. The smallest absolute Gasteiger partial charge is 0.0820 e. The van der Waals surface area contributed by atoms with E-state index in [9.17, 15) is 0 Å². The van der Waals surface area contributed by atoms with Crippen molar-refractivity contribution in [1.29, 1.82) is 0 Å². The Kier molecular flexibility index (Phi) is 5.80. The fraction of sp³-hybridized carbons (Fsp3) is 0.750. The second kappa shape index (κ2) is 8.13. The fourth-order valence-corrected chi connectivity index (χ4v) is 6.24. The number of ether oxygens (including phenoxy) is 1. The van der Waals surface area contributed by atoms with Crippen LogP contribution in [-0.2, 0) is 4.74 Å². The van der Waals surface area contributed by atoms with Gasteiger partial charge in [-0.2, -0.15) is 0 Å². The maximum absolute atomic E-state index is 6.02. The number of likely N-dealkylation sites (tertiary alicyclic amines) is 1. The van der Waals surface area contributed by atoms with Crippen molar-refractivity contribution in [3.63, 3.8) is 0 Å². The van der Waals surface area contributed by atoms with Crippen molar-refractivity contribution in [3.05, 3.63) is 30.3 Å². The van der Waals surface area contributed by atoms with Gasteiger partial charge in [-0.05, 0) is 68.9 Å². The number of para-hydroxylation sites is 1. The van der Waals surface area contributed by atoms with Crippen molar-refractivity contribution in [2.45, 2.75) is 76.5 Å². The summed E-state index contributed by atoms with van der Waals surface area (Å²) in [7, 11) is 1.92. The molecule has 2 aliphatic heterocycles. The molecule has 150 valence electrons. The molecule has 0 radical (unpaired) electrons. The van der Waals surface area contributed by atoms with Gasteiger partial charge < -0.3 is 14.5 Å². The van der Waals surface area contributed by atoms with Crippen LogP contribution in [0.15, 0.2) is 30.3 Å². The largest absolute Gasteiger partial charge is 0.379 e. The molecule has 0 bridgehead atoms. The average molecular weight is 371 g/mol. The number of hydrogen-bond donors (Lipinski definition) is 0. The molecule has 1 atom stereocenters. The van der Waals surface area contributed by atoms with Gasteiger partial charge in [-0.1, -0.05) is 32.0 Å². The van der Waals surface area contributed by atoms with Gasteiger partial charge in [0.1, 0.15) is 0 Å². The summed E-state index contributed by atoms with van der Waals surface area (Å²) < 4.78 is 6.02. The normalized spacial score (nSPS) is 31.7. The molecule has 3 aliphatic rings. The average Bonchev–Trinajstić information content (AvgIpc) is 3.07. The van der Waals surface area contributed by atoms with Crippen LogP contribution >= 0.6 is 0 Å². The van der Waals surface area contributed by atoms with Gasteiger partial charge in [0, 0.05) is 38.5 Å². The molecular formula is C24H38N2O. The summed E-state index contributed by atoms with van der Waals surface area (Å²) in [5.41, 5.74) is 1.57. The maximum atomic E-state index is 6.02. The van der Waals surface area contributed by atoms with Gasteiger partial charge in [0.05, 0.1) is 11.6 Å². The molecule has 1 saturated carbocycles. The highest BCUT2D eigenvalue weighted by Gasteiger charge is 2.51. The topological polar surface area (TPSA) is 15.7 Å². The predicted octanol–water partition coefficient (Wildman–Crippen LogP) is 4.96. The van der Waals surface area contributed by atoms with Gasteiger partial charge in [0.2, 0.25) is 0 Å².